The third-order valence-corrected chi connectivity index (χ3v) is 2.65. The first-order valence-electron chi connectivity index (χ1n) is 5.51. The molecule has 0 radical (unpaired) electrons. The molecule has 0 saturated heterocycles. The molecule has 0 spiro atoms. The molecule has 0 atom stereocenters. The van der Waals surface area contributed by atoms with E-state index >= 15 is 0 Å². The molecule has 0 aliphatic carbocycles. The Hall–Kier alpha value is -2.90. The number of pyridine rings is 1. The van der Waals surface area contributed by atoms with Gasteiger partial charge in [0, 0.05) is 19.4 Å². The smallest absolute Gasteiger partial charge is 0.319 e. The van der Waals surface area contributed by atoms with Gasteiger partial charge in [0.05, 0.1) is 17.4 Å². The van der Waals surface area contributed by atoms with Crippen molar-refractivity contribution < 1.29 is 4.79 Å². The Labute approximate surface area is 106 Å². The summed E-state index contributed by atoms with van der Waals surface area (Å²) in [4.78, 5) is 23.5. The van der Waals surface area contributed by atoms with Gasteiger partial charge in [-0.25, -0.2) is 14.3 Å². The van der Waals surface area contributed by atoms with Crippen molar-refractivity contribution in [1.82, 2.24) is 24.4 Å². The molecule has 8 heteroatoms. The van der Waals surface area contributed by atoms with Crippen molar-refractivity contribution in [3.8, 4) is 0 Å². The standard InChI is InChI=1S/C11H10N6O2/c1-16-6-7(5-12-16)13-10(18)8-3-2-4-17-9(8)14-15-11(17)19/h2-6H,1H3,(H,13,18)(H,15,19). The average Bonchev–Trinajstić information content (AvgIpc) is 2.96. The summed E-state index contributed by atoms with van der Waals surface area (Å²) in [5.41, 5.74) is 0.789. The maximum atomic E-state index is 12.1. The first-order chi connectivity index (χ1) is 9.15. The lowest BCUT2D eigenvalue weighted by Crippen LogP contribution is -2.15. The lowest BCUT2D eigenvalue weighted by Gasteiger charge is -2.02. The minimum Gasteiger partial charge on any atom is -0.319 e. The predicted molar refractivity (Wildman–Crippen MR) is 67.0 cm³/mol. The molecule has 3 heterocycles. The van der Waals surface area contributed by atoms with Crippen LogP contribution in [0.2, 0.25) is 0 Å². The van der Waals surface area contributed by atoms with Gasteiger partial charge in [0.15, 0.2) is 5.65 Å². The van der Waals surface area contributed by atoms with Crippen molar-refractivity contribution in [2.45, 2.75) is 0 Å². The van der Waals surface area contributed by atoms with Crippen molar-refractivity contribution in [1.29, 1.82) is 0 Å². The molecule has 0 bridgehead atoms. The van der Waals surface area contributed by atoms with Crippen LogP contribution < -0.4 is 11.0 Å². The molecule has 3 rings (SSSR count). The SMILES string of the molecule is Cn1cc(NC(=O)c2cccn3c(=O)[nH]nc23)cn1. The van der Waals surface area contributed by atoms with E-state index in [1.165, 1.54) is 10.6 Å². The van der Waals surface area contributed by atoms with E-state index in [4.69, 9.17) is 0 Å². The number of hydrogen-bond donors (Lipinski definition) is 2. The summed E-state index contributed by atoms with van der Waals surface area (Å²) >= 11 is 0. The van der Waals surface area contributed by atoms with Gasteiger partial charge in [0.2, 0.25) is 0 Å². The number of hydrogen-bond acceptors (Lipinski definition) is 4. The fourth-order valence-electron chi connectivity index (χ4n) is 1.79. The number of nitrogens with zero attached hydrogens (tertiary/aromatic N) is 4. The Morgan fingerprint density at radius 3 is 3.05 bits per heavy atom. The number of aryl methyl sites for hydroxylation is 1. The summed E-state index contributed by atoms with van der Waals surface area (Å²) in [5.74, 6) is -0.349. The van der Waals surface area contributed by atoms with Crippen LogP contribution in [0.15, 0.2) is 35.5 Å². The van der Waals surface area contributed by atoms with E-state index in [0.29, 0.717) is 11.3 Å². The number of carbonyl (C=O) groups excluding carboxylic acids is 1. The molecule has 3 aromatic heterocycles. The number of rotatable bonds is 2. The second-order valence-corrected chi connectivity index (χ2v) is 4.00. The van der Waals surface area contributed by atoms with Crippen molar-refractivity contribution in [3.05, 3.63) is 46.8 Å². The number of nitrogens with one attached hydrogen (secondary N) is 2. The van der Waals surface area contributed by atoms with Crippen LogP contribution >= 0.6 is 0 Å². The molecule has 2 N–H and O–H groups in total. The van der Waals surface area contributed by atoms with Crippen LogP contribution in [0.25, 0.3) is 5.65 Å². The van der Waals surface area contributed by atoms with Gasteiger partial charge in [-0.1, -0.05) is 0 Å². The number of aromatic amines is 1. The molecule has 0 aliphatic rings. The van der Waals surface area contributed by atoms with Crippen molar-refractivity contribution in [2.75, 3.05) is 5.32 Å². The second-order valence-electron chi connectivity index (χ2n) is 4.00. The molecule has 0 fully saturated rings. The molecule has 3 aromatic rings. The number of fused-ring (bicyclic) bond motifs is 1. The third kappa shape index (κ3) is 1.88. The molecule has 0 saturated carbocycles. The van der Waals surface area contributed by atoms with Crippen LogP contribution in [0.5, 0.6) is 0 Å². The Morgan fingerprint density at radius 1 is 1.47 bits per heavy atom. The van der Waals surface area contributed by atoms with E-state index in [9.17, 15) is 9.59 Å². The van der Waals surface area contributed by atoms with Gasteiger partial charge in [-0.2, -0.15) is 10.2 Å². The van der Waals surface area contributed by atoms with Crippen LogP contribution in [-0.4, -0.2) is 30.3 Å². The molecule has 8 nitrogen and oxygen atoms in total. The van der Waals surface area contributed by atoms with E-state index in [1.807, 2.05) is 0 Å². The quantitative estimate of drug-likeness (QED) is 0.676. The Bertz CT molecular complexity index is 812. The monoisotopic (exact) mass is 258 g/mol. The summed E-state index contributed by atoms with van der Waals surface area (Å²) in [7, 11) is 1.75. The van der Waals surface area contributed by atoms with Crippen molar-refractivity contribution in [3.63, 3.8) is 0 Å². The summed E-state index contributed by atoms with van der Waals surface area (Å²) in [6.07, 6.45) is 4.76. The van der Waals surface area contributed by atoms with Gasteiger partial charge in [-0.05, 0) is 12.1 Å². The Kier molecular flexibility index (Phi) is 2.41. The summed E-state index contributed by atoms with van der Waals surface area (Å²) in [6, 6.07) is 3.21. The highest BCUT2D eigenvalue weighted by atomic mass is 16.2. The molecule has 0 aliphatic heterocycles. The number of H-pyrrole nitrogens is 1. The van der Waals surface area contributed by atoms with Gasteiger partial charge in [0.1, 0.15) is 0 Å². The zero-order valence-corrected chi connectivity index (χ0v) is 9.99. The number of amides is 1. The Morgan fingerprint density at radius 2 is 2.32 bits per heavy atom. The highest BCUT2D eigenvalue weighted by Gasteiger charge is 2.13. The van der Waals surface area contributed by atoms with Crippen LogP contribution in [0.3, 0.4) is 0 Å². The minimum absolute atomic E-state index is 0.286. The molecule has 1 amide bonds. The summed E-state index contributed by atoms with van der Waals surface area (Å²) in [6.45, 7) is 0. The van der Waals surface area contributed by atoms with Crippen molar-refractivity contribution in [2.24, 2.45) is 7.05 Å². The van der Waals surface area contributed by atoms with Crippen molar-refractivity contribution >= 4 is 17.2 Å². The first kappa shape index (κ1) is 11.2. The zero-order valence-electron chi connectivity index (χ0n) is 9.99. The topological polar surface area (TPSA) is 97.1 Å². The largest absolute Gasteiger partial charge is 0.347 e. The van der Waals surface area contributed by atoms with E-state index < -0.39 is 0 Å². The van der Waals surface area contributed by atoms with Gasteiger partial charge in [-0.15, -0.1) is 0 Å². The summed E-state index contributed by atoms with van der Waals surface area (Å²) in [5, 5.41) is 12.8. The molecule has 19 heavy (non-hydrogen) atoms. The number of aromatic nitrogens is 5. The highest BCUT2D eigenvalue weighted by Crippen LogP contribution is 2.10. The Balaban J connectivity index is 2.00. The average molecular weight is 258 g/mol. The predicted octanol–water partition coefficient (Wildman–Crippen LogP) is 0.00840. The summed E-state index contributed by atoms with van der Waals surface area (Å²) < 4.78 is 2.85. The van der Waals surface area contributed by atoms with Crippen LogP contribution in [0, 0.1) is 0 Å². The van der Waals surface area contributed by atoms with E-state index in [2.05, 4.69) is 20.6 Å². The third-order valence-electron chi connectivity index (χ3n) is 2.65. The molecule has 96 valence electrons. The fraction of sp³-hybridized carbons (Fsp3) is 0.0909. The minimum atomic E-state index is -0.383. The highest BCUT2D eigenvalue weighted by molar-refractivity contribution is 6.08. The number of carbonyl (C=O) groups is 1. The normalized spacial score (nSPS) is 10.8. The van der Waals surface area contributed by atoms with E-state index in [-0.39, 0.29) is 17.2 Å². The zero-order chi connectivity index (χ0) is 13.4. The molecule has 0 unspecified atom stereocenters. The van der Waals surface area contributed by atoms with Gasteiger partial charge in [0.25, 0.3) is 5.91 Å². The fourth-order valence-corrected chi connectivity index (χ4v) is 1.79. The maximum absolute atomic E-state index is 12.1. The molecular formula is C11H10N6O2. The lowest BCUT2D eigenvalue weighted by molar-refractivity contribution is 0.102. The van der Waals surface area contributed by atoms with E-state index in [0.717, 1.165) is 0 Å². The van der Waals surface area contributed by atoms with Gasteiger partial charge < -0.3 is 5.32 Å². The first-order valence-corrected chi connectivity index (χ1v) is 5.51. The van der Waals surface area contributed by atoms with Crippen LogP contribution in [0.1, 0.15) is 10.4 Å². The van der Waals surface area contributed by atoms with Crippen LogP contribution in [0.4, 0.5) is 5.69 Å². The van der Waals surface area contributed by atoms with E-state index in [1.54, 1.807) is 36.3 Å². The maximum Gasteiger partial charge on any atom is 0.347 e. The lowest BCUT2D eigenvalue weighted by atomic mass is 10.2. The van der Waals surface area contributed by atoms with Gasteiger partial charge in [-0.3, -0.25) is 9.48 Å². The molecule has 0 aromatic carbocycles. The van der Waals surface area contributed by atoms with Crippen LogP contribution in [-0.2, 0) is 7.05 Å². The molecular weight excluding hydrogens is 248 g/mol. The number of anilines is 1. The second kappa shape index (κ2) is 4.09. The van der Waals surface area contributed by atoms with Gasteiger partial charge >= 0.3 is 5.69 Å².